The number of aryl methyl sites for hydroxylation is 1. The highest BCUT2D eigenvalue weighted by molar-refractivity contribution is 7.88. The minimum atomic E-state index is -3.34. The summed E-state index contributed by atoms with van der Waals surface area (Å²) in [6.45, 7) is 5.86. The lowest BCUT2D eigenvalue weighted by atomic mass is 9.93. The van der Waals surface area contributed by atoms with Crippen LogP contribution in [0.3, 0.4) is 0 Å². The number of carbonyl (C=O) groups is 1. The first-order valence-corrected chi connectivity index (χ1v) is 12.4. The second-order valence-corrected chi connectivity index (χ2v) is 10.7. The van der Waals surface area contributed by atoms with E-state index >= 15 is 0 Å². The number of sulfonamides is 1. The Balaban J connectivity index is 1.40. The number of benzene rings is 1. The van der Waals surface area contributed by atoms with Gasteiger partial charge in [-0.3, -0.25) is 4.79 Å². The van der Waals surface area contributed by atoms with Crippen molar-refractivity contribution in [3.63, 3.8) is 0 Å². The molecule has 0 bridgehead atoms. The van der Waals surface area contributed by atoms with E-state index in [2.05, 4.69) is 17.3 Å². The zero-order valence-corrected chi connectivity index (χ0v) is 18.6. The summed E-state index contributed by atoms with van der Waals surface area (Å²) in [6.07, 6.45) is 4.68. The monoisotopic (exact) mass is 421 g/mol. The maximum absolute atomic E-state index is 12.7. The number of hydrogen-bond donors (Lipinski definition) is 1. The predicted molar refractivity (Wildman–Crippen MR) is 116 cm³/mol. The Hall–Kier alpha value is -1.44. The van der Waals surface area contributed by atoms with E-state index in [1.165, 1.54) is 12.8 Å². The molecule has 2 aliphatic rings. The van der Waals surface area contributed by atoms with Gasteiger partial charge in [-0.15, -0.1) is 0 Å². The highest BCUT2D eigenvalue weighted by atomic mass is 32.2. The van der Waals surface area contributed by atoms with Crippen LogP contribution in [0.15, 0.2) is 24.3 Å². The molecule has 2 saturated heterocycles. The topological polar surface area (TPSA) is 69.7 Å². The van der Waals surface area contributed by atoms with Crippen LogP contribution in [0.4, 0.5) is 0 Å². The molecule has 2 heterocycles. The van der Waals surface area contributed by atoms with Crippen LogP contribution in [0, 0.1) is 18.8 Å². The summed E-state index contributed by atoms with van der Waals surface area (Å²) in [5.41, 5.74) is 1.88. The fraction of sp³-hybridized carbons (Fsp3) is 0.682. The van der Waals surface area contributed by atoms with Crippen molar-refractivity contribution < 1.29 is 13.2 Å². The Morgan fingerprint density at radius 1 is 1.10 bits per heavy atom. The van der Waals surface area contributed by atoms with E-state index in [1.54, 1.807) is 4.31 Å². The molecule has 162 valence electrons. The molecule has 2 fully saturated rings. The number of nitrogens with zero attached hydrogens (tertiary/aromatic N) is 2. The van der Waals surface area contributed by atoms with Crippen molar-refractivity contribution >= 4 is 15.9 Å². The van der Waals surface area contributed by atoms with Gasteiger partial charge in [-0.1, -0.05) is 29.8 Å². The average molecular weight is 422 g/mol. The molecule has 0 spiro atoms. The fourth-order valence-corrected chi connectivity index (χ4v) is 5.95. The Bertz CT molecular complexity index is 780. The van der Waals surface area contributed by atoms with Crippen LogP contribution >= 0.6 is 0 Å². The zero-order valence-electron chi connectivity index (χ0n) is 17.8. The molecular formula is C22H35N3O3S. The molecule has 0 radical (unpaired) electrons. The van der Waals surface area contributed by atoms with Crippen LogP contribution in [0.25, 0.3) is 0 Å². The molecule has 0 aliphatic carbocycles. The van der Waals surface area contributed by atoms with E-state index in [0.29, 0.717) is 31.8 Å². The minimum absolute atomic E-state index is 0.0299. The predicted octanol–water partition coefficient (Wildman–Crippen LogP) is 2.38. The van der Waals surface area contributed by atoms with Crippen molar-refractivity contribution in [1.82, 2.24) is 14.5 Å². The first kappa shape index (κ1) is 22.2. The lowest BCUT2D eigenvalue weighted by molar-refractivity contribution is -0.126. The van der Waals surface area contributed by atoms with Gasteiger partial charge in [0.05, 0.1) is 5.75 Å². The molecule has 0 unspecified atom stereocenters. The largest absolute Gasteiger partial charge is 0.356 e. The molecule has 3 rings (SSSR count). The summed E-state index contributed by atoms with van der Waals surface area (Å²) >= 11 is 0. The molecule has 29 heavy (non-hydrogen) atoms. The van der Waals surface area contributed by atoms with Crippen LogP contribution in [0.2, 0.25) is 0 Å². The highest BCUT2D eigenvalue weighted by Gasteiger charge is 2.31. The molecule has 1 N–H and O–H groups in total. The summed E-state index contributed by atoms with van der Waals surface area (Å²) in [4.78, 5) is 14.8. The van der Waals surface area contributed by atoms with Gasteiger partial charge < -0.3 is 10.2 Å². The van der Waals surface area contributed by atoms with E-state index in [1.807, 2.05) is 31.2 Å². The molecule has 0 atom stereocenters. The standard InChI is InChI=1S/C22H35N3O3S/c1-18-4-3-5-20(16-18)17-29(27,28)25-14-9-21(10-15-25)22(26)23-11-6-19-7-12-24(2)13-8-19/h3-5,16,19,21H,6-15,17H2,1-2H3,(H,23,26). The van der Waals surface area contributed by atoms with Crippen LogP contribution < -0.4 is 5.32 Å². The molecule has 6 nitrogen and oxygen atoms in total. The molecule has 1 aromatic carbocycles. The Kier molecular flexibility index (Phi) is 7.71. The van der Waals surface area contributed by atoms with Crippen LogP contribution in [0.1, 0.15) is 43.2 Å². The SMILES string of the molecule is Cc1cccc(CS(=O)(=O)N2CCC(C(=O)NCCC3CCN(C)CC3)CC2)c1. The van der Waals surface area contributed by atoms with Crippen molar-refractivity contribution in [3.8, 4) is 0 Å². The third kappa shape index (κ3) is 6.52. The molecule has 1 aromatic rings. The second-order valence-electron chi connectivity index (χ2n) is 8.74. The zero-order chi connectivity index (χ0) is 20.9. The number of hydrogen-bond acceptors (Lipinski definition) is 4. The molecule has 1 amide bonds. The summed E-state index contributed by atoms with van der Waals surface area (Å²) in [6, 6.07) is 7.63. The Morgan fingerprint density at radius 2 is 1.79 bits per heavy atom. The van der Waals surface area contributed by atoms with Gasteiger partial charge in [0.15, 0.2) is 0 Å². The normalized spacial score (nSPS) is 20.6. The number of nitrogens with one attached hydrogen (secondary N) is 1. The summed E-state index contributed by atoms with van der Waals surface area (Å²) < 4.78 is 27.0. The molecule has 0 saturated carbocycles. The molecule has 2 aliphatic heterocycles. The van der Waals surface area contributed by atoms with E-state index in [-0.39, 0.29) is 17.6 Å². The summed E-state index contributed by atoms with van der Waals surface area (Å²) in [5.74, 6) is 0.758. The van der Waals surface area contributed by atoms with Crippen molar-refractivity contribution in [2.45, 2.75) is 44.8 Å². The Morgan fingerprint density at radius 3 is 2.45 bits per heavy atom. The highest BCUT2D eigenvalue weighted by Crippen LogP contribution is 2.23. The molecular weight excluding hydrogens is 386 g/mol. The quantitative estimate of drug-likeness (QED) is 0.734. The van der Waals surface area contributed by atoms with Crippen molar-refractivity contribution in [2.75, 3.05) is 39.8 Å². The van der Waals surface area contributed by atoms with Crippen molar-refractivity contribution in [1.29, 1.82) is 0 Å². The number of amides is 1. The number of likely N-dealkylation sites (tertiary alicyclic amines) is 1. The maximum Gasteiger partial charge on any atom is 0.223 e. The third-order valence-electron chi connectivity index (χ3n) is 6.34. The maximum atomic E-state index is 12.7. The fourth-order valence-electron chi connectivity index (χ4n) is 4.39. The second kappa shape index (κ2) is 10.0. The number of rotatable bonds is 7. The third-order valence-corrected chi connectivity index (χ3v) is 8.19. The van der Waals surface area contributed by atoms with Gasteiger partial charge >= 0.3 is 0 Å². The van der Waals surface area contributed by atoms with Gasteiger partial charge in [-0.2, -0.15) is 0 Å². The van der Waals surface area contributed by atoms with Gasteiger partial charge in [0, 0.05) is 25.6 Å². The molecule has 7 heteroatoms. The van der Waals surface area contributed by atoms with E-state index in [9.17, 15) is 13.2 Å². The first-order valence-electron chi connectivity index (χ1n) is 10.8. The minimum Gasteiger partial charge on any atom is -0.356 e. The van der Waals surface area contributed by atoms with Crippen LogP contribution in [-0.2, 0) is 20.6 Å². The number of carbonyl (C=O) groups excluding carboxylic acids is 1. The van der Waals surface area contributed by atoms with Gasteiger partial charge in [0.2, 0.25) is 15.9 Å². The lowest BCUT2D eigenvalue weighted by Crippen LogP contribution is -2.43. The van der Waals surface area contributed by atoms with Crippen molar-refractivity contribution in [3.05, 3.63) is 35.4 Å². The van der Waals surface area contributed by atoms with E-state index in [4.69, 9.17) is 0 Å². The summed E-state index contributed by atoms with van der Waals surface area (Å²) in [5, 5.41) is 3.09. The van der Waals surface area contributed by atoms with Gasteiger partial charge in [0.25, 0.3) is 0 Å². The van der Waals surface area contributed by atoms with Crippen molar-refractivity contribution in [2.24, 2.45) is 11.8 Å². The summed E-state index contributed by atoms with van der Waals surface area (Å²) in [7, 11) is -1.18. The number of piperidine rings is 2. The van der Waals surface area contributed by atoms with Gasteiger partial charge in [-0.05, 0) is 70.6 Å². The van der Waals surface area contributed by atoms with E-state index in [0.717, 1.165) is 37.2 Å². The van der Waals surface area contributed by atoms with Gasteiger partial charge in [-0.25, -0.2) is 12.7 Å². The smallest absolute Gasteiger partial charge is 0.223 e. The van der Waals surface area contributed by atoms with Crippen LogP contribution in [-0.4, -0.2) is 63.3 Å². The average Bonchev–Trinajstić information content (AvgIpc) is 2.69. The lowest BCUT2D eigenvalue weighted by Gasteiger charge is -2.31. The van der Waals surface area contributed by atoms with E-state index < -0.39 is 10.0 Å². The van der Waals surface area contributed by atoms with Crippen LogP contribution in [0.5, 0.6) is 0 Å². The first-order chi connectivity index (χ1) is 13.8. The van der Waals surface area contributed by atoms with Gasteiger partial charge in [0.1, 0.15) is 0 Å². The Labute approximate surface area is 175 Å². The molecule has 0 aromatic heterocycles.